The van der Waals surface area contributed by atoms with Crippen LogP contribution in [0.5, 0.6) is 0 Å². The van der Waals surface area contributed by atoms with Gasteiger partial charge in [-0.05, 0) is 31.0 Å². The Hall–Kier alpha value is -4.74. The Morgan fingerprint density at radius 1 is 1.19 bits per heavy atom. The molecule has 2 aromatic carbocycles. The Morgan fingerprint density at radius 2 is 1.94 bits per heavy atom. The molecule has 36 heavy (non-hydrogen) atoms. The molecule has 1 aliphatic heterocycles. The minimum absolute atomic E-state index is 0.0165. The van der Waals surface area contributed by atoms with Gasteiger partial charge in [-0.15, -0.1) is 0 Å². The van der Waals surface area contributed by atoms with Gasteiger partial charge in [0.15, 0.2) is 0 Å². The fraction of sp³-hybridized carbons (Fsp3) is 0.250. The number of carboxylic acids is 1. The standard InChI is InChI=1S/C24H23N5O7/c1-13-25-21-16(22(33)27-17-7-8-19(30)28-23(17)34)9-15(10-18(21)29(13)11-20(31)32)26-24(35)36-12-14-5-3-2-4-6-14/h2-6,9-10,17H,7-8,11-12H2,1H3,(H,26,35)(H,27,33)(H,31,32)(H,28,30,34). The van der Waals surface area contributed by atoms with Crippen molar-refractivity contribution in [2.24, 2.45) is 0 Å². The second-order valence-corrected chi connectivity index (χ2v) is 8.19. The van der Waals surface area contributed by atoms with Gasteiger partial charge in [-0.1, -0.05) is 30.3 Å². The Labute approximate surface area is 204 Å². The lowest BCUT2D eigenvalue weighted by molar-refractivity contribution is -0.138. The summed E-state index contributed by atoms with van der Waals surface area (Å²) in [4.78, 5) is 64.9. The first-order valence-corrected chi connectivity index (χ1v) is 11.1. The van der Waals surface area contributed by atoms with Crippen molar-refractivity contribution in [3.8, 4) is 0 Å². The number of aromatic nitrogens is 2. The second kappa shape index (κ2) is 10.3. The molecular weight excluding hydrogens is 470 g/mol. The van der Waals surface area contributed by atoms with Crippen LogP contribution >= 0.6 is 0 Å². The van der Waals surface area contributed by atoms with Crippen LogP contribution < -0.4 is 16.0 Å². The summed E-state index contributed by atoms with van der Waals surface area (Å²) in [6, 6.07) is 11.0. The van der Waals surface area contributed by atoms with Crippen molar-refractivity contribution in [1.29, 1.82) is 0 Å². The number of aliphatic carboxylic acids is 1. The molecule has 0 aliphatic carbocycles. The Balaban J connectivity index is 1.63. The molecule has 1 fully saturated rings. The number of aryl methyl sites for hydroxylation is 1. The number of fused-ring (bicyclic) bond motifs is 1. The summed E-state index contributed by atoms with van der Waals surface area (Å²) < 4.78 is 6.63. The van der Waals surface area contributed by atoms with Gasteiger partial charge in [0.1, 0.15) is 30.5 Å². The number of carboxylic acid groups (broad SMARTS) is 1. The second-order valence-electron chi connectivity index (χ2n) is 8.19. The topological polar surface area (TPSA) is 169 Å². The van der Waals surface area contributed by atoms with Crippen molar-refractivity contribution in [2.75, 3.05) is 5.32 Å². The third-order valence-electron chi connectivity index (χ3n) is 5.59. The van der Waals surface area contributed by atoms with E-state index in [9.17, 15) is 29.1 Å². The zero-order valence-electron chi connectivity index (χ0n) is 19.2. The number of benzene rings is 2. The predicted molar refractivity (Wildman–Crippen MR) is 126 cm³/mol. The number of anilines is 1. The van der Waals surface area contributed by atoms with E-state index in [1.54, 1.807) is 19.1 Å². The first-order chi connectivity index (χ1) is 17.2. The molecule has 4 rings (SSSR count). The summed E-state index contributed by atoms with van der Waals surface area (Å²) in [5.41, 5.74) is 1.46. The molecule has 3 aromatic rings. The SMILES string of the molecule is Cc1nc2c(C(=O)NC3CCC(=O)NC3=O)cc(NC(=O)OCc3ccccc3)cc2n1CC(=O)O. The monoisotopic (exact) mass is 493 g/mol. The lowest BCUT2D eigenvalue weighted by Gasteiger charge is -2.22. The number of amides is 4. The maximum atomic E-state index is 13.2. The molecule has 4 amide bonds. The van der Waals surface area contributed by atoms with Crippen LogP contribution in [0.2, 0.25) is 0 Å². The number of hydrogen-bond donors (Lipinski definition) is 4. The van der Waals surface area contributed by atoms with Crippen molar-refractivity contribution >= 4 is 46.5 Å². The van der Waals surface area contributed by atoms with E-state index in [0.29, 0.717) is 11.3 Å². The van der Waals surface area contributed by atoms with Crippen LogP contribution in [0, 0.1) is 6.92 Å². The van der Waals surface area contributed by atoms with E-state index < -0.39 is 42.4 Å². The molecule has 0 radical (unpaired) electrons. The zero-order chi connectivity index (χ0) is 25.8. The Morgan fingerprint density at radius 3 is 2.64 bits per heavy atom. The number of imidazole rings is 1. The first-order valence-electron chi connectivity index (χ1n) is 11.1. The minimum atomic E-state index is -1.12. The fourth-order valence-electron chi connectivity index (χ4n) is 3.86. The Bertz CT molecular complexity index is 1370. The van der Waals surface area contributed by atoms with E-state index >= 15 is 0 Å². The number of piperidine rings is 1. The largest absolute Gasteiger partial charge is 0.480 e. The van der Waals surface area contributed by atoms with Gasteiger partial charge in [-0.2, -0.15) is 0 Å². The highest BCUT2D eigenvalue weighted by Crippen LogP contribution is 2.26. The number of nitrogens with one attached hydrogen (secondary N) is 3. The van der Waals surface area contributed by atoms with Crippen LogP contribution in [-0.4, -0.2) is 50.5 Å². The van der Waals surface area contributed by atoms with Crippen LogP contribution in [0.4, 0.5) is 10.5 Å². The van der Waals surface area contributed by atoms with Crippen molar-refractivity contribution in [3.05, 3.63) is 59.4 Å². The lowest BCUT2D eigenvalue weighted by atomic mass is 10.0. The van der Waals surface area contributed by atoms with Crippen LogP contribution in [0.1, 0.15) is 34.6 Å². The maximum absolute atomic E-state index is 13.2. The summed E-state index contributed by atoms with van der Waals surface area (Å²) in [6.45, 7) is 1.19. The van der Waals surface area contributed by atoms with Gasteiger partial charge in [0.25, 0.3) is 5.91 Å². The highest BCUT2D eigenvalue weighted by Gasteiger charge is 2.29. The van der Waals surface area contributed by atoms with E-state index in [1.165, 1.54) is 16.7 Å². The fourth-order valence-corrected chi connectivity index (χ4v) is 3.86. The third-order valence-corrected chi connectivity index (χ3v) is 5.59. The third kappa shape index (κ3) is 5.49. The number of hydrogen-bond acceptors (Lipinski definition) is 7. The molecule has 12 heteroatoms. The lowest BCUT2D eigenvalue weighted by Crippen LogP contribution is -2.52. The van der Waals surface area contributed by atoms with Crippen LogP contribution in [0.15, 0.2) is 42.5 Å². The van der Waals surface area contributed by atoms with Crippen LogP contribution in [0.25, 0.3) is 11.0 Å². The first kappa shape index (κ1) is 24.4. The predicted octanol–water partition coefficient (Wildman–Crippen LogP) is 1.71. The molecule has 1 unspecified atom stereocenters. The summed E-state index contributed by atoms with van der Waals surface area (Å²) in [7, 11) is 0. The van der Waals surface area contributed by atoms with E-state index in [1.807, 2.05) is 18.2 Å². The van der Waals surface area contributed by atoms with Gasteiger partial charge >= 0.3 is 12.1 Å². The highest BCUT2D eigenvalue weighted by atomic mass is 16.5. The van der Waals surface area contributed by atoms with Crippen LogP contribution in [-0.2, 0) is 32.3 Å². The van der Waals surface area contributed by atoms with Crippen molar-refractivity contribution in [2.45, 2.75) is 39.0 Å². The normalized spacial score (nSPS) is 15.3. The molecule has 0 bridgehead atoms. The molecule has 0 spiro atoms. The molecule has 1 aromatic heterocycles. The number of carbonyl (C=O) groups excluding carboxylic acids is 4. The van der Waals surface area contributed by atoms with Crippen molar-refractivity contribution in [3.63, 3.8) is 0 Å². The average molecular weight is 493 g/mol. The maximum Gasteiger partial charge on any atom is 0.411 e. The van der Waals surface area contributed by atoms with E-state index in [-0.39, 0.29) is 36.2 Å². The zero-order valence-corrected chi connectivity index (χ0v) is 19.2. The van der Waals surface area contributed by atoms with E-state index in [4.69, 9.17) is 4.74 Å². The van der Waals surface area contributed by atoms with Gasteiger partial charge in [0.2, 0.25) is 11.8 Å². The number of nitrogens with zero attached hydrogens (tertiary/aromatic N) is 2. The van der Waals surface area contributed by atoms with Crippen LogP contribution in [0.3, 0.4) is 0 Å². The summed E-state index contributed by atoms with van der Waals surface area (Å²) in [5.74, 6) is -2.49. The molecule has 1 aliphatic rings. The van der Waals surface area contributed by atoms with E-state index in [2.05, 4.69) is 20.9 Å². The smallest absolute Gasteiger partial charge is 0.411 e. The molecule has 2 heterocycles. The summed E-state index contributed by atoms with van der Waals surface area (Å²) in [5, 5.41) is 16.6. The van der Waals surface area contributed by atoms with Gasteiger partial charge in [-0.3, -0.25) is 29.8 Å². The molecule has 1 atom stereocenters. The van der Waals surface area contributed by atoms with E-state index in [0.717, 1.165) is 5.56 Å². The summed E-state index contributed by atoms with van der Waals surface area (Å²) in [6.07, 6.45) is -0.570. The number of imide groups is 1. The number of rotatable bonds is 7. The van der Waals surface area contributed by atoms with Gasteiger partial charge < -0.3 is 19.7 Å². The number of ether oxygens (including phenoxy) is 1. The Kier molecular flexibility index (Phi) is 6.95. The molecule has 4 N–H and O–H groups in total. The number of carbonyl (C=O) groups is 5. The molecule has 1 saturated heterocycles. The van der Waals surface area contributed by atoms with Crippen molar-refractivity contribution < 1.29 is 33.8 Å². The average Bonchev–Trinajstić information content (AvgIpc) is 3.14. The molecule has 12 nitrogen and oxygen atoms in total. The minimum Gasteiger partial charge on any atom is -0.480 e. The summed E-state index contributed by atoms with van der Waals surface area (Å²) >= 11 is 0. The van der Waals surface area contributed by atoms with Gasteiger partial charge in [0, 0.05) is 12.1 Å². The quantitative estimate of drug-likeness (QED) is 0.361. The molecular formula is C24H23N5O7. The molecule has 0 saturated carbocycles. The molecule has 186 valence electrons. The highest BCUT2D eigenvalue weighted by molar-refractivity contribution is 6.09. The van der Waals surface area contributed by atoms with Crippen molar-refractivity contribution in [1.82, 2.24) is 20.2 Å². The van der Waals surface area contributed by atoms with Gasteiger partial charge in [0.05, 0.1) is 11.1 Å². The van der Waals surface area contributed by atoms with Gasteiger partial charge in [-0.25, -0.2) is 9.78 Å².